The number of nitrogen functional groups attached to an aromatic ring is 1. The average Bonchev–Trinajstić information content (AvgIpc) is 2.00. The molecule has 0 aromatic heterocycles. The van der Waals surface area contributed by atoms with Crippen LogP contribution >= 0.6 is 0 Å². The number of benzene rings is 1. The molecule has 0 saturated carbocycles. The monoisotopic (exact) mass is 348 g/mol. The van der Waals surface area contributed by atoms with Crippen LogP contribution in [0.1, 0.15) is 0 Å². The van der Waals surface area contributed by atoms with Gasteiger partial charge in [-0.2, -0.15) is 18.2 Å². The van der Waals surface area contributed by atoms with Crippen molar-refractivity contribution in [1.82, 2.24) is 0 Å². The summed E-state index contributed by atoms with van der Waals surface area (Å²) in [5, 5.41) is 12.1. The van der Waals surface area contributed by atoms with Crippen LogP contribution in [0.15, 0.2) is 18.2 Å². The van der Waals surface area contributed by atoms with Crippen LogP contribution in [-0.2, 0) is 18.1 Å². The maximum Gasteiger partial charge on any atom is -0.693 e. The summed E-state index contributed by atoms with van der Waals surface area (Å²) in [4.78, 5) is 0. The van der Waals surface area contributed by atoms with Gasteiger partial charge in [-0.05, 0) is 5.69 Å². The summed E-state index contributed by atoms with van der Waals surface area (Å²) in [7, 11) is 0. The summed E-state index contributed by atoms with van der Waals surface area (Å²) >= 11 is 1.61. The molecule has 7 N–H and O–H groups in total. The molecule has 0 amide bonds. The standard InChI is InChI=1S/C6H6NO.CH2.H2N.H2O.Os/c7-5-3-1-2-4-6(5)8;;;;/h2-4,8H,7H2;3*1H2;/q-1;;-1;;. The van der Waals surface area contributed by atoms with Crippen LogP contribution in [0, 0.1) is 6.07 Å². The number of nitrogens with two attached hydrogens (primary N) is 2. The van der Waals surface area contributed by atoms with Crippen molar-refractivity contribution in [3.8, 4) is 5.75 Å². The number of hydrogen-bond acceptors (Lipinski definition) is 2. The first-order chi connectivity index (χ1) is 4.80. The maximum atomic E-state index is 8.77. The van der Waals surface area contributed by atoms with Gasteiger partial charge in [0.05, 0.1) is 0 Å². The van der Waals surface area contributed by atoms with Gasteiger partial charge in [0.2, 0.25) is 0 Å². The van der Waals surface area contributed by atoms with E-state index in [1.54, 1.807) is 24.2 Å². The molecule has 72 valence electrons. The summed E-state index contributed by atoms with van der Waals surface area (Å²) in [5.41, 5.74) is 5.61. The molecule has 0 saturated heterocycles. The molecule has 0 heterocycles. The molecule has 1 rings (SSSR count). The number of phenolic OH excluding ortho intramolecular Hbond substituents is 1. The molecular formula is C7H12N2O2Os-2. The summed E-state index contributed by atoms with van der Waals surface area (Å²) in [5.74, 6) is 0.115. The van der Waals surface area contributed by atoms with Crippen molar-refractivity contribution in [2.75, 3.05) is 5.73 Å². The second-order valence-electron chi connectivity index (χ2n) is 1.48. The van der Waals surface area contributed by atoms with Gasteiger partial charge in [0.1, 0.15) is 0 Å². The van der Waals surface area contributed by atoms with Crippen LogP contribution in [0.4, 0.5) is 5.69 Å². The molecule has 0 spiro atoms. The summed E-state index contributed by atoms with van der Waals surface area (Å²) in [6, 6.07) is 7.34. The van der Waals surface area contributed by atoms with E-state index in [4.69, 9.17) is 10.8 Å². The zero-order chi connectivity index (χ0) is 7.98. The molecule has 1 aromatic rings. The Kier molecular flexibility index (Phi) is 14.8. The Morgan fingerprint density at radius 3 is 2.25 bits per heavy atom. The molecule has 12 heavy (non-hydrogen) atoms. The van der Waals surface area contributed by atoms with E-state index in [1.165, 1.54) is 12.1 Å². The van der Waals surface area contributed by atoms with Gasteiger partial charge >= 0.3 is 23.2 Å². The maximum absolute atomic E-state index is 8.77. The fourth-order valence-electron chi connectivity index (χ4n) is 0.435. The van der Waals surface area contributed by atoms with E-state index in [2.05, 4.69) is 11.1 Å². The van der Waals surface area contributed by atoms with Crippen LogP contribution < -0.4 is 5.73 Å². The summed E-state index contributed by atoms with van der Waals surface area (Å²) in [6.45, 7) is 0. The smallest absolute Gasteiger partial charge is 0.693 e. The van der Waals surface area contributed by atoms with E-state index in [0.29, 0.717) is 5.69 Å². The SMILES string of the molecule is Nc1c[c-]ccc1O.O.[CH2]=[Os].[NH2-]. The van der Waals surface area contributed by atoms with Crippen molar-refractivity contribution >= 4 is 10.8 Å². The van der Waals surface area contributed by atoms with Gasteiger partial charge in [0, 0.05) is 5.75 Å². The predicted molar refractivity (Wildman–Crippen MR) is 47.4 cm³/mol. The minimum atomic E-state index is 0. The first kappa shape index (κ1) is 17.4. The third-order valence-electron chi connectivity index (χ3n) is 0.872. The minimum Gasteiger partial charge on any atom is -0.693 e. The summed E-state index contributed by atoms with van der Waals surface area (Å²) in [6.07, 6.45) is 0. The zero-order valence-corrected chi connectivity index (χ0v) is 8.94. The Labute approximate surface area is 81.7 Å². The van der Waals surface area contributed by atoms with Crippen LogP contribution in [0.3, 0.4) is 0 Å². The molecule has 0 aliphatic heterocycles. The van der Waals surface area contributed by atoms with Crippen LogP contribution in [0.5, 0.6) is 5.75 Å². The first-order valence-corrected chi connectivity index (χ1v) is 4.30. The molecule has 5 heteroatoms. The molecule has 0 unspecified atom stereocenters. The van der Waals surface area contributed by atoms with Gasteiger partial charge in [-0.15, -0.1) is 6.07 Å². The quantitative estimate of drug-likeness (QED) is 0.408. The van der Waals surface area contributed by atoms with Gasteiger partial charge < -0.3 is 22.5 Å². The van der Waals surface area contributed by atoms with Gasteiger partial charge in [-0.1, -0.05) is 0 Å². The number of hydrogen-bond donors (Lipinski definition) is 2. The second-order valence-corrected chi connectivity index (χ2v) is 1.48. The molecule has 1 aromatic carbocycles. The molecule has 0 fully saturated rings. The van der Waals surface area contributed by atoms with Crippen molar-refractivity contribution in [2.45, 2.75) is 0 Å². The van der Waals surface area contributed by atoms with Crippen LogP contribution in [0.25, 0.3) is 6.15 Å². The van der Waals surface area contributed by atoms with Crippen molar-refractivity contribution in [1.29, 1.82) is 0 Å². The minimum absolute atomic E-state index is 0. The first-order valence-electron chi connectivity index (χ1n) is 2.50. The molecule has 0 radical (unpaired) electrons. The van der Waals surface area contributed by atoms with Crippen molar-refractivity contribution in [2.24, 2.45) is 0 Å². The zero-order valence-electron chi connectivity index (χ0n) is 6.39. The van der Waals surface area contributed by atoms with Gasteiger partial charge in [0.15, 0.2) is 0 Å². The number of anilines is 1. The van der Waals surface area contributed by atoms with Crippen molar-refractivity contribution in [3.63, 3.8) is 0 Å². The predicted octanol–water partition coefficient (Wildman–Crippen LogP) is 0.632. The third-order valence-corrected chi connectivity index (χ3v) is 0.872. The van der Waals surface area contributed by atoms with Crippen LogP contribution in [0.2, 0.25) is 0 Å². The van der Waals surface area contributed by atoms with Crippen LogP contribution in [-0.4, -0.2) is 15.7 Å². The van der Waals surface area contributed by atoms with E-state index in [9.17, 15) is 0 Å². The Bertz CT molecular complexity index is 187. The van der Waals surface area contributed by atoms with E-state index < -0.39 is 0 Å². The largest absolute Gasteiger partial charge is 0.693 e. The Hall–Kier alpha value is -0.754. The van der Waals surface area contributed by atoms with Gasteiger partial charge in [-0.25, -0.2) is 0 Å². The fraction of sp³-hybridized carbons (Fsp3) is 0. The number of rotatable bonds is 0. The molecule has 0 atom stereocenters. The third kappa shape index (κ3) is 5.99. The van der Waals surface area contributed by atoms with E-state index in [-0.39, 0.29) is 17.4 Å². The number of aromatic hydroxyl groups is 1. The molecule has 0 bridgehead atoms. The van der Waals surface area contributed by atoms with Crippen molar-refractivity contribution in [3.05, 3.63) is 30.4 Å². The second kappa shape index (κ2) is 10.2. The molecule has 0 aliphatic rings. The summed E-state index contributed by atoms with van der Waals surface area (Å²) < 4.78 is 0. The number of phenols is 1. The molecule has 4 nitrogen and oxygen atoms in total. The van der Waals surface area contributed by atoms with E-state index in [1.807, 2.05) is 0 Å². The Morgan fingerprint density at radius 2 is 2.00 bits per heavy atom. The molecular weight excluding hydrogens is 334 g/mol. The van der Waals surface area contributed by atoms with E-state index >= 15 is 0 Å². The van der Waals surface area contributed by atoms with Crippen molar-refractivity contribution < 1.29 is 28.7 Å². The molecule has 0 aliphatic carbocycles. The normalized spacial score (nSPS) is 6.42. The Morgan fingerprint density at radius 1 is 1.50 bits per heavy atom. The average molecular weight is 346 g/mol. The Balaban J connectivity index is -0.000000189. The van der Waals surface area contributed by atoms with E-state index in [0.717, 1.165) is 0 Å². The van der Waals surface area contributed by atoms with Gasteiger partial charge in [-0.3, -0.25) is 0 Å². The topological polar surface area (TPSA) is 111 Å². The van der Waals surface area contributed by atoms with Gasteiger partial charge in [0.25, 0.3) is 0 Å². The fourth-order valence-corrected chi connectivity index (χ4v) is 0.435.